The monoisotopic (exact) mass is 550 g/mol. The van der Waals surface area contributed by atoms with Crippen molar-refractivity contribution in [3.05, 3.63) is 69.3 Å². The predicted octanol–water partition coefficient (Wildman–Crippen LogP) is 4.96. The van der Waals surface area contributed by atoms with E-state index in [1.54, 1.807) is 47.3 Å². The summed E-state index contributed by atoms with van der Waals surface area (Å²) in [4.78, 5) is 36.0. The highest BCUT2D eigenvalue weighted by molar-refractivity contribution is 7.99. The van der Waals surface area contributed by atoms with Gasteiger partial charge in [-0.1, -0.05) is 18.7 Å². The highest BCUT2D eigenvalue weighted by Crippen LogP contribution is 2.34. The molecule has 1 aliphatic heterocycles. The Morgan fingerprint density at radius 1 is 1.11 bits per heavy atom. The normalized spacial score (nSPS) is 13.3. The number of hydrogen-bond acceptors (Lipinski definition) is 8. The lowest BCUT2D eigenvalue weighted by Gasteiger charge is -2.25. The van der Waals surface area contributed by atoms with Crippen LogP contribution in [-0.4, -0.2) is 52.9 Å². The Kier molecular flexibility index (Phi) is 8.01. The number of methoxy groups -OCH3 is 1. The van der Waals surface area contributed by atoms with Gasteiger partial charge in [-0.25, -0.2) is 4.98 Å². The molecular formula is C28H30N4O4S2. The van der Waals surface area contributed by atoms with Gasteiger partial charge in [-0.2, -0.15) is 0 Å². The number of fused-ring (bicyclic) bond motifs is 3. The molecule has 38 heavy (non-hydrogen) atoms. The molecule has 0 bridgehead atoms. The Labute approximate surface area is 229 Å². The van der Waals surface area contributed by atoms with Crippen LogP contribution >= 0.6 is 23.1 Å². The lowest BCUT2D eigenvalue weighted by Crippen LogP contribution is -2.30. The number of hydrogen-bond donors (Lipinski definition) is 1. The van der Waals surface area contributed by atoms with Gasteiger partial charge >= 0.3 is 0 Å². The van der Waals surface area contributed by atoms with E-state index in [9.17, 15) is 9.59 Å². The fraction of sp³-hybridized carbons (Fsp3) is 0.321. The van der Waals surface area contributed by atoms with Crippen molar-refractivity contribution in [2.45, 2.75) is 32.0 Å². The number of likely N-dealkylation sites (N-methyl/N-ethyl adjacent to an activating group) is 1. The molecule has 0 spiro atoms. The second-order valence-corrected chi connectivity index (χ2v) is 10.9. The molecule has 8 nitrogen and oxygen atoms in total. The minimum absolute atomic E-state index is 0.0975. The van der Waals surface area contributed by atoms with E-state index < -0.39 is 0 Å². The van der Waals surface area contributed by atoms with Gasteiger partial charge in [0.25, 0.3) is 5.56 Å². The van der Waals surface area contributed by atoms with Crippen LogP contribution in [-0.2, 0) is 17.8 Å². The zero-order chi connectivity index (χ0) is 26.6. The molecule has 1 aliphatic rings. The number of nitrogens with zero attached hydrogens (tertiary/aromatic N) is 3. The molecule has 5 rings (SSSR count). The third-order valence-electron chi connectivity index (χ3n) is 6.48. The number of carbonyl (C=O) groups is 1. The van der Waals surface area contributed by atoms with Gasteiger partial charge in [0, 0.05) is 23.7 Å². The van der Waals surface area contributed by atoms with Gasteiger partial charge < -0.3 is 14.8 Å². The van der Waals surface area contributed by atoms with Crippen LogP contribution in [0.3, 0.4) is 0 Å². The molecular weight excluding hydrogens is 520 g/mol. The van der Waals surface area contributed by atoms with Crippen LogP contribution in [0.2, 0.25) is 0 Å². The Morgan fingerprint density at radius 2 is 1.84 bits per heavy atom. The van der Waals surface area contributed by atoms with E-state index in [2.05, 4.69) is 17.1 Å². The summed E-state index contributed by atoms with van der Waals surface area (Å²) in [5, 5.41) is 4.08. The molecule has 4 aromatic rings. The molecule has 0 atom stereocenters. The molecule has 2 aromatic carbocycles. The van der Waals surface area contributed by atoms with Crippen molar-refractivity contribution in [2.75, 3.05) is 37.9 Å². The van der Waals surface area contributed by atoms with Gasteiger partial charge in [-0.05, 0) is 74.0 Å². The summed E-state index contributed by atoms with van der Waals surface area (Å²) >= 11 is 2.84. The van der Waals surface area contributed by atoms with Crippen LogP contribution in [0.1, 0.15) is 24.3 Å². The van der Waals surface area contributed by atoms with Crippen LogP contribution in [0.4, 0.5) is 5.69 Å². The molecule has 1 N–H and O–H groups in total. The summed E-state index contributed by atoms with van der Waals surface area (Å²) in [6.45, 7) is 7.39. The van der Waals surface area contributed by atoms with Crippen molar-refractivity contribution in [1.82, 2.24) is 14.5 Å². The number of anilines is 1. The number of carbonyl (C=O) groups excluding carboxylic acids is 1. The fourth-order valence-corrected chi connectivity index (χ4v) is 6.65. The minimum atomic E-state index is -0.184. The first-order chi connectivity index (χ1) is 18.5. The Bertz CT molecular complexity index is 1500. The topological polar surface area (TPSA) is 85.7 Å². The van der Waals surface area contributed by atoms with Crippen molar-refractivity contribution < 1.29 is 14.3 Å². The van der Waals surface area contributed by atoms with Gasteiger partial charge in [0.1, 0.15) is 16.3 Å². The molecule has 2 aromatic heterocycles. The van der Waals surface area contributed by atoms with Gasteiger partial charge in [0.05, 0.1) is 30.5 Å². The van der Waals surface area contributed by atoms with Crippen LogP contribution < -0.4 is 20.3 Å². The Morgan fingerprint density at radius 3 is 2.53 bits per heavy atom. The maximum atomic E-state index is 14.0. The van der Waals surface area contributed by atoms with Crippen molar-refractivity contribution >= 4 is 44.9 Å². The number of rotatable bonds is 9. The maximum absolute atomic E-state index is 14.0. The first-order valence-electron chi connectivity index (χ1n) is 12.6. The summed E-state index contributed by atoms with van der Waals surface area (Å²) in [5.41, 5.74) is 2.38. The predicted molar refractivity (Wildman–Crippen MR) is 153 cm³/mol. The first-order valence-corrected chi connectivity index (χ1v) is 14.4. The molecule has 3 heterocycles. The lowest BCUT2D eigenvalue weighted by molar-refractivity contribution is -0.113. The molecule has 0 saturated carbocycles. The van der Waals surface area contributed by atoms with Crippen molar-refractivity contribution in [1.29, 1.82) is 0 Å². The van der Waals surface area contributed by atoms with Gasteiger partial charge in [-0.3, -0.25) is 19.1 Å². The third-order valence-corrected chi connectivity index (χ3v) is 8.53. The third kappa shape index (κ3) is 5.43. The molecule has 0 saturated heterocycles. The Balaban J connectivity index is 1.49. The van der Waals surface area contributed by atoms with E-state index in [1.165, 1.54) is 16.6 Å². The molecule has 10 heteroatoms. The molecule has 198 valence electrons. The van der Waals surface area contributed by atoms with Gasteiger partial charge in [0.15, 0.2) is 5.16 Å². The minimum Gasteiger partial charge on any atom is -0.497 e. The zero-order valence-electron chi connectivity index (χ0n) is 21.7. The van der Waals surface area contributed by atoms with E-state index >= 15 is 0 Å². The van der Waals surface area contributed by atoms with Gasteiger partial charge in [0.2, 0.25) is 5.91 Å². The summed E-state index contributed by atoms with van der Waals surface area (Å²) in [5.74, 6) is 1.38. The number of nitrogens with one attached hydrogen (secondary N) is 1. The second kappa shape index (κ2) is 11.6. The van der Waals surface area contributed by atoms with Crippen LogP contribution in [0.25, 0.3) is 15.9 Å². The number of amides is 1. The van der Waals surface area contributed by atoms with Crippen LogP contribution in [0.15, 0.2) is 58.5 Å². The van der Waals surface area contributed by atoms with Gasteiger partial charge in [-0.15, -0.1) is 11.3 Å². The number of aromatic nitrogens is 2. The number of thioether (sulfide) groups is 1. The largest absolute Gasteiger partial charge is 0.497 e. The summed E-state index contributed by atoms with van der Waals surface area (Å²) < 4.78 is 12.4. The fourth-order valence-electron chi connectivity index (χ4n) is 4.53. The van der Waals surface area contributed by atoms with Crippen molar-refractivity contribution in [3.63, 3.8) is 0 Å². The van der Waals surface area contributed by atoms with Crippen LogP contribution in [0, 0.1) is 0 Å². The number of benzene rings is 2. The summed E-state index contributed by atoms with van der Waals surface area (Å²) in [7, 11) is 1.60. The number of ether oxygens (including phenoxy) is 2. The highest BCUT2D eigenvalue weighted by atomic mass is 32.2. The van der Waals surface area contributed by atoms with E-state index in [1.807, 2.05) is 31.2 Å². The van der Waals surface area contributed by atoms with Crippen LogP contribution in [0.5, 0.6) is 11.5 Å². The Hall–Kier alpha value is -3.34. The van der Waals surface area contributed by atoms with Crippen molar-refractivity contribution in [2.24, 2.45) is 0 Å². The molecule has 0 fully saturated rings. The molecule has 0 unspecified atom stereocenters. The lowest BCUT2D eigenvalue weighted by atomic mass is 10.1. The molecule has 0 aliphatic carbocycles. The average Bonchev–Trinajstić information content (AvgIpc) is 3.31. The van der Waals surface area contributed by atoms with E-state index in [-0.39, 0.29) is 17.2 Å². The first kappa shape index (κ1) is 26.3. The molecule has 0 radical (unpaired) electrons. The second-order valence-electron chi connectivity index (χ2n) is 8.83. The summed E-state index contributed by atoms with van der Waals surface area (Å²) in [6.07, 6.45) is 0.833. The maximum Gasteiger partial charge on any atom is 0.267 e. The quantitative estimate of drug-likeness (QED) is 0.233. The molecule has 1 amide bonds. The summed E-state index contributed by atoms with van der Waals surface area (Å²) in [6, 6.07) is 14.6. The zero-order valence-corrected chi connectivity index (χ0v) is 23.3. The average molecular weight is 551 g/mol. The van der Waals surface area contributed by atoms with E-state index in [0.717, 1.165) is 47.9 Å². The standard InChI is InChI=1S/C28H30N4O4S2/c1-4-31-15-14-22-23(16-31)38-26-25(22)27(34)32(19-8-12-21(13-9-19)36-5-2)28(30-26)37-17-24(33)29-18-6-10-20(35-3)11-7-18/h6-13H,4-5,14-17H2,1-3H3,(H,29,33). The van der Waals surface area contributed by atoms with Crippen molar-refractivity contribution in [3.8, 4) is 17.2 Å². The SMILES string of the molecule is CCOc1ccc(-n2c(SCC(=O)Nc3ccc(OC)cc3)nc3sc4c(c3c2=O)CCN(CC)C4)cc1. The van der Waals surface area contributed by atoms with E-state index in [4.69, 9.17) is 14.5 Å². The highest BCUT2D eigenvalue weighted by Gasteiger charge is 2.25. The smallest absolute Gasteiger partial charge is 0.267 e. The van der Waals surface area contributed by atoms with E-state index in [0.29, 0.717) is 28.5 Å². The number of thiophene rings is 1.